The number of thioether (sulfide) groups is 1. The van der Waals surface area contributed by atoms with E-state index in [1.165, 1.54) is 17.3 Å². The number of carbonyl (C=O) groups excluding carboxylic acids is 1. The van der Waals surface area contributed by atoms with Crippen LogP contribution in [0.3, 0.4) is 0 Å². The highest BCUT2D eigenvalue weighted by molar-refractivity contribution is 7.99. The Balaban J connectivity index is 1.57. The lowest BCUT2D eigenvalue weighted by Crippen LogP contribution is -2.14. The first-order valence-electron chi connectivity index (χ1n) is 7.73. The molecule has 3 aromatic rings. The molecule has 1 amide bonds. The molecule has 2 aromatic carbocycles. The molecular weight excluding hydrogens is 356 g/mol. The van der Waals surface area contributed by atoms with E-state index in [0.29, 0.717) is 16.0 Å². The van der Waals surface area contributed by atoms with Crippen LogP contribution in [0.2, 0.25) is 5.02 Å². The fourth-order valence-electron chi connectivity index (χ4n) is 2.22. The number of rotatable bonds is 5. The molecule has 1 aromatic heterocycles. The molecule has 0 aliphatic carbocycles. The summed E-state index contributed by atoms with van der Waals surface area (Å²) in [7, 11) is 0. The van der Waals surface area contributed by atoms with E-state index in [1.54, 1.807) is 18.3 Å². The number of carbonyl (C=O) groups is 1. The molecular formula is C19H17ClN2O2S. The highest BCUT2D eigenvalue weighted by Gasteiger charge is 2.10. The maximum Gasteiger partial charge on any atom is 0.256 e. The molecule has 3 rings (SSSR count). The Hall–Kier alpha value is -2.24. The highest BCUT2D eigenvalue weighted by Crippen LogP contribution is 2.26. The average Bonchev–Trinajstić information content (AvgIpc) is 3.06. The van der Waals surface area contributed by atoms with Crippen molar-refractivity contribution < 1.29 is 9.21 Å². The second kappa shape index (κ2) is 7.76. The Morgan fingerprint density at radius 3 is 2.64 bits per heavy atom. The minimum Gasteiger partial charge on any atom is -0.431 e. The number of oxazole rings is 1. The van der Waals surface area contributed by atoms with E-state index in [-0.39, 0.29) is 11.7 Å². The number of hydrogen-bond acceptors (Lipinski definition) is 4. The SMILES string of the molecule is Cc1ccc(NC(=O)CSc2ncc(-c3ccc(Cl)cc3)o2)cc1C. The maximum atomic E-state index is 12.1. The van der Waals surface area contributed by atoms with Crippen LogP contribution in [0.4, 0.5) is 5.69 Å². The van der Waals surface area contributed by atoms with Gasteiger partial charge < -0.3 is 9.73 Å². The molecule has 1 heterocycles. The molecule has 0 fully saturated rings. The third-order valence-electron chi connectivity index (χ3n) is 3.73. The molecule has 4 nitrogen and oxygen atoms in total. The van der Waals surface area contributed by atoms with Gasteiger partial charge >= 0.3 is 0 Å². The van der Waals surface area contributed by atoms with E-state index in [2.05, 4.69) is 10.3 Å². The van der Waals surface area contributed by atoms with Crippen LogP contribution in [0.25, 0.3) is 11.3 Å². The number of nitrogens with zero attached hydrogens (tertiary/aromatic N) is 1. The van der Waals surface area contributed by atoms with Crippen molar-refractivity contribution in [2.24, 2.45) is 0 Å². The fourth-order valence-corrected chi connectivity index (χ4v) is 2.94. The number of hydrogen-bond donors (Lipinski definition) is 1. The van der Waals surface area contributed by atoms with E-state index in [9.17, 15) is 4.79 Å². The zero-order valence-corrected chi connectivity index (χ0v) is 15.4. The number of anilines is 1. The van der Waals surface area contributed by atoms with Crippen LogP contribution in [-0.4, -0.2) is 16.6 Å². The van der Waals surface area contributed by atoms with Crippen LogP contribution in [0.15, 0.2) is 58.3 Å². The van der Waals surface area contributed by atoms with E-state index in [1.807, 2.05) is 44.2 Å². The highest BCUT2D eigenvalue weighted by atomic mass is 35.5. The van der Waals surface area contributed by atoms with Crippen LogP contribution in [0, 0.1) is 13.8 Å². The van der Waals surface area contributed by atoms with Crippen LogP contribution >= 0.6 is 23.4 Å². The molecule has 0 spiro atoms. The molecule has 1 N–H and O–H groups in total. The number of aromatic nitrogens is 1. The van der Waals surface area contributed by atoms with Gasteiger partial charge in [-0.1, -0.05) is 29.4 Å². The smallest absolute Gasteiger partial charge is 0.256 e. The van der Waals surface area contributed by atoms with Gasteiger partial charge in [0.1, 0.15) is 0 Å². The summed E-state index contributed by atoms with van der Waals surface area (Å²) < 4.78 is 5.67. The lowest BCUT2D eigenvalue weighted by Gasteiger charge is -2.06. The number of benzene rings is 2. The van der Waals surface area contributed by atoms with Gasteiger partial charge in [0.15, 0.2) is 5.76 Å². The summed E-state index contributed by atoms with van der Waals surface area (Å²) in [6.07, 6.45) is 1.65. The third kappa shape index (κ3) is 4.65. The van der Waals surface area contributed by atoms with Crippen LogP contribution in [-0.2, 0) is 4.79 Å². The lowest BCUT2D eigenvalue weighted by atomic mass is 10.1. The molecule has 0 bridgehead atoms. The normalized spacial score (nSPS) is 10.7. The summed E-state index contributed by atoms with van der Waals surface area (Å²) in [6, 6.07) is 13.2. The Kier molecular flexibility index (Phi) is 5.46. The van der Waals surface area contributed by atoms with Gasteiger partial charge in [-0.15, -0.1) is 0 Å². The zero-order chi connectivity index (χ0) is 17.8. The molecule has 0 aliphatic heterocycles. The quantitative estimate of drug-likeness (QED) is 0.614. The van der Waals surface area contributed by atoms with Crippen molar-refractivity contribution in [1.82, 2.24) is 4.98 Å². The van der Waals surface area contributed by atoms with Crippen molar-refractivity contribution in [2.45, 2.75) is 19.1 Å². The topological polar surface area (TPSA) is 55.1 Å². The van der Waals surface area contributed by atoms with E-state index >= 15 is 0 Å². The summed E-state index contributed by atoms with van der Waals surface area (Å²) >= 11 is 7.14. The molecule has 128 valence electrons. The molecule has 0 radical (unpaired) electrons. The van der Waals surface area contributed by atoms with E-state index in [0.717, 1.165) is 16.8 Å². The predicted octanol–water partition coefficient (Wildman–Crippen LogP) is 5.34. The number of halogens is 1. The molecule has 0 aliphatic rings. The van der Waals surface area contributed by atoms with Crippen LogP contribution in [0.5, 0.6) is 0 Å². The minimum absolute atomic E-state index is 0.0977. The van der Waals surface area contributed by atoms with Crippen molar-refractivity contribution in [2.75, 3.05) is 11.1 Å². The fraction of sp³-hybridized carbons (Fsp3) is 0.158. The Bertz CT molecular complexity index is 891. The van der Waals surface area contributed by atoms with Gasteiger partial charge in [0.2, 0.25) is 5.91 Å². The first kappa shape index (κ1) is 17.6. The van der Waals surface area contributed by atoms with Gasteiger partial charge in [-0.3, -0.25) is 4.79 Å². The van der Waals surface area contributed by atoms with E-state index < -0.39 is 0 Å². The van der Waals surface area contributed by atoms with Gasteiger partial charge in [-0.05, 0) is 61.4 Å². The standard InChI is InChI=1S/C19H17ClN2O2S/c1-12-3-8-16(9-13(12)2)22-18(23)11-25-19-21-10-17(24-19)14-4-6-15(20)7-5-14/h3-10H,11H2,1-2H3,(H,22,23). The molecule has 0 saturated heterocycles. The lowest BCUT2D eigenvalue weighted by molar-refractivity contribution is -0.113. The Morgan fingerprint density at radius 2 is 1.92 bits per heavy atom. The van der Waals surface area contributed by atoms with Gasteiger partial charge in [-0.2, -0.15) is 0 Å². The van der Waals surface area contributed by atoms with Crippen molar-refractivity contribution in [3.8, 4) is 11.3 Å². The Labute approximate surface area is 155 Å². The summed E-state index contributed by atoms with van der Waals surface area (Å²) in [5.41, 5.74) is 4.03. The number of nitrogens with one attached hydrogen (secondary N) is 1. The monoisotopic (exact) mass is 372 g/mol. The van der Waals surface area contributed by atoms with Crippen LogP contribution in [0.1, 0.15) is 11.1 Å². The maximum absolute atomic E-state index is 12.1. The molecule has 0 saturated carbocycles. The number of aryl methyl sites for hydroxylation is 2. The molecule has 0 unspecified atom stereocenters. The van der Waals surface area contributed by atoms with Gasteiger partial charge in [-0.25, -0.2) is 4.98 Å². The molecule has 25 heavy (non-hydrogen) atoms. The van der Waals surface area contributed by atoms with E-state index in [4.69, 9.17) is 16.0 Å². The molecule has 0 atom stereocenters. The second-order valence-electron chi connectivity index (χ2n) is 5.63. The summed E-state index contributed by atoms with van der Waals surface area (Å²) in [4.78, 5) is 16.3. The van der Waals surface area contributed by atoms with Crippen LogP contribution < -0.4 is 5.32 Å². The first-order chi connectivity index (χ1) is 12.0. The van der Waals surface area contributed by atoms with Crippen molar-refractivity contribution >= 4 is 35.0 Å². The van der Waals surface area contributed by atoms with Gasteiger partial charge in [0.25, 0.3) is 5.22 Å². The first-order valence-corrected chi connectivity index (χ1v) is 9.09. The average molecular weight is 373 g/mol. The van der Waals surface area contributed by atoms with Gasteiger partial charge in [0, 0.05) is 16.3 Å². The van der Waals surface area contributed by atoms with Crippen molar-refractivity contribution in [1.29, 1.82) is 0 Å². The summed E-state index contributed by atoms with van der Waals surface area (Å²) in [5, 5.41) is 4.01. The van der Waals surface area contributed by atoms with Crippen molar-refractivity contribution in [3.05, 3.63) is 64.8 Å². The second-order valence-corrected chi connectivity index (χ2v) is 7.00. The van der Waals surface area contributed by atoms with Gasteiger partial charge in [0.05, 0.1) is 11.9 Å². The third-order valence-corrected chi connectivity index (χ3v) is 4.82. The largest absolute Gasteiger partial charge is 0.431 e. The predicted molar refractivity (Wildman–Crippen MR) is 102 cm³/mol. The molecule has 6 heteroatoms. The number of amides is 1. The van der Waals surface area contributed by atoms with Crippen molar-refractivity contribution in [3.63, 3.8) is 0 Å². The summed E-state index contributed by atoms with van der Waals surface area (Å²) in [5.74, 6) is 0.779. The Morgan fingerprint density at radius 1 is 1.16 bits per heavy atom. The summed E-state index contributed by atoms with van der Waals surface area (Å²) in [6.45, 7) is 4.06. The zero-order valence-electron chi connectivity index (χ0n) is 13.9. The minimum atomic E-state index is -0.0977.